The number of pyridine rings is 1. The molecule has 1 atom stereocenters. The van der Waals surface area contributed by atoms with Gasteiger partial charge in [-0.2, -0.15) is 0 Å². The molecule has 0 aromatic carbocycles. The maximum Gasteiger partial charge on any atom is 0.225 e. The van der Waals surface area contributed by atoms with Gasteiger partial charge in [0.1, 0.15) is 5.82 Å². The Morgan fingerprint density at radius 3 is 2.79 bits per heavy atom. The number of carbonyl (C=O) groups is 1. The van der Waals surface area contributed by atoms with E-state index in [0.29, 0.717) is 6.54 Å². The molecule has 1 saturated heterocycles. The van der Waals surface area contributed by atoms with Gasteiger partial charge in [0.15, 0.2) is 5.82 Å². The minimum absolute atomic E-state index is 0.0247. The van der Waals surface area contributed by atoms with Crippen LogP contribution in [-0.2, 0) is 4.79 Å². The Labute approximate surface area is 142 Å². The van der Waals surface area contributed by atoms with Gasteiger partial charge in [0.25, 0.3) is 0 Å². The number of likely N-dealkylation sites (tertiary alicyclic amines) is 1. The van der Waals surface area contributed by atoms with Crippen molar-refractivity contribution in [1.29, 1.82) is 0 Å². The van der Waals surface area contributed by atoms with Crippen molar-refractivity contribution in [2.45, 2.75) is 32.6 Å². The summed E-state index contributed by atoms with van der Waals surface area (Å²) in [5.41, 5.74) is 0.907. The first-order chi connectivity index (χ1) is 11.6. The van der Waals surface area contributed by atoms with Crippen molar-refractivity contribution in [1.82, 2.24) is 19.9 Å². The molecule has 126 valence electrons. The Hall–Kier alpha value is -2.50. The van der Waals surface area contributed by atoms with Crippen molar-refractivity contribution < 1.29 is 4.79 Å². The van der Waals surface area contributed by atoms with Gasteiger partial charge in [0, 0.05) is 43.5 Å². The summed E-state index contributed by atoms with van der Waals surface area (Å²) in [5.74, 6) is 1.89. The summed E-state index contributed by atoms with van der Waals surface area (Å²) in [6.45, 7) is 5.42. The van der Waals surface area contributed by atoms with Crippen molar-refractivity contribution in [2.24, 2.45) is 5.92 Å². The molecule has 0 saturated carbocycles. The fourth-order valence-corrected chi connectivity index (χ4v) is 3.07. The van der Waals surface area contributed by atoms with Crippen LogP contribution in [0.25, 0.3) is 0 Å². The third-order valence-corrected chi connectivity index (χ3v) is 4.25. The predicted octanol–water partition coefficient (Wildman–Crippen LogP) is 2.98. The molecule has 1 amide bonds. The van der Waals surface area contributed by atoms with Crippen LogP contribution in [0, 0.1) is 5.92 Å². The summed E-state index contributed by atoms with van der Waals surface area (Å²) in [6, 6.07) is 5.70. The van der Waals surface area contributed by atoms with Crippen LogP contribution in [0.1, 0.15) is 38.3 Å². The van der Waals surface area contributed by atoms with E-state index in [4.69, 9.17) is 0 Å². The molecule has 0 bridgehead atoms. The van der Waals surface area contributed by atoms with Crippen LogP contribution in [-0.4, -0.2) is 38.8 Å². The molecule has 0 aliphatic carbocycles. The molecule has 1 fully saturated rings. The molecular formula is C18H23N5O. The predicted molar refractivity (Wildman–Crippen MR) is 92.9 cm³/mol. The standard InChI is InChI=1S/C18H23N5O/c1-13(2)18(24)23-11-5-6-14(12-23)16-17(21-10-9-20-16)22-15-7-3-4-8-19-15/h3-4,7-10,13-14H,5-6,11-12H2,1-2H3,(H,19,21,22)/t14-/m0/s1. The molecule has 1 aliphatic rings. The highest BCUT2D eigenvalue weighted by Gasteiger charge is 2.28. The van der Waals surface area contributed by atoms with E-state index in [-0.39, 0.29) is 17.7 Å². The fourth-order valence-electron chi connectivity index (χ4n) is 3.07. The first-order valence-corrected chi connectivity index (χ1v) is 8.43. The summed E-state index contributed by atoms with van der Waals surface area (Å²) < 4.78 is 0. The third-order valence-electron chi connectivity index (χ3n) is 4.25. The van der Waals surface area contributed by atoms with Crippen molar-refractivity contribution >= 4 is 17.5 Å². The minimum Gasteiger partial charge on any atom is -0.342 e. The Bertz CT molecular complexity index is 689. The van der Waals surface area contributed by atoms with Gasteiger partial charge in [-0.1, -0.05) is 19.9 Å². The Balaban J connectivity index is 1.80. The van der Waals surface area contributed by atoms with Crippen LogP contribution in [0.3, 0.4) is 0 Å². The fraction of sp³-hybridized carbons (Fsp3) is 0.444. The molecule has 2 aromatic rings. The molecule has 2 aromatic heterocycles. The van der Waals surface area contributed by atoms with Crippen LogP contribution in [0.4, 0.5) is 11.6 Å². The average molecular weight is 325 g/mol. The lowest BCUT2D eigenvalue weighted by Gasteiger charge is -2.34. The Morgan fingerprint density at radius 2 is 2.04 bits per heavy atom. The largest absolute Gasteiger partial charge is 0.342 e. The number of hydrogen-bond donors (Lipinski definition) is 1. The van der Waals surface area contributed by atoms with E-state index in [2.05, 4.69) is 20.3 Å². The van der Waals surface area contributed by atoms with Crippen LogP contribution in [0.2, 0.25) is 0 Å². The van der Waals surface area contributed by atoms with E-state index >= 15 is 0 Å². The van der Waals surface area contributed by atoms with Crippen molar-refractivity contribution in [3.63, 3.8) is 0 Å². The van der Waals surface area contributed by atoms with E-state index in [9.17, 15) is 4.79 Å². The van der Waals surface area contributed by atoms with E-state index in [0.717, 1.165) is 36.7 Å². The molecule has 3 heterocycles. The van der Waals surface area contributed by atoms with Gasteiger partial charge in [-0.3, -0.25) is 9.78 Å². The van der Waals surface area contributed by atoms with Crippen molar-refractivity contribution in [2.75, 3.05) is 18.4 Å². The molecule has 0 radical (unpaired) electrons. The quantitative estimate of drug-likeness (QED) is 0.936. The second-order valence-corrected chi connectivity index (χ2v) is 6.41. The van der Waals surface area contributed by atoms with Gasteiger partial charge in [-0.15, -0.1) is 0 Å². The lowest BCUT2D eigenvalue weighted by atomic mass is 9.93. The number of piperidine rings is 1. The summed E-state index contributed by atoms with van der Waals surface area (Å²) in [4.78, 5) is 27.5. The van der Waals surface area contributed by atoms with Gasteiger partial charge >= 0.3 is 0 Å². The molecule has 0 unspecified atom stereocenters. The zero-order chi connectivity index (χ0) is 16.9. The normalized spacial score (nSPS) is 17.8. The van der Waals surface area contributed by atoms with Gasteiger partial charge in [0.2, 0.25) is 5.91 Å². The topological polar surface area (TPSA) is 71.0 Å². The maximum absolute atomic E-state index is 12.3. The van der Waals surface area contributed by atoms with Gasteiger partial charge in [0.05, 0.1) is 5.69 Å². The number of anilines is 2. The number of nitrogens with zero attached hydrogens (tertiary/aromatic N) is 4. The Morgan fingerprint density at radius 1 is 1.21 bits per heavy atom. The lowest BCUT2D eigenvalue weighted by molar-refractivity contribution is -0.135. The molecule has 24 heavy (non-hydrogen) atoms. The highest BCUT2D eigenvalue weighted by atomic mass is 16.2. The first kappa shape index (κ1) is 16.4. The minimum atomic E-state index is 0.0247. The van der Waals surface area contributed by atoms with Crippen LogP contribution in [0.15, 0.2) is 36.8 Å². The van der Waals surface area contributed by atoms with Gasteiger partial charge in [-0.05, 0) is 25.0 Å². The highest BCUT2D eigenvalue weighted by molar-refractivity contribution is 5.78. The summed E-state index contributed by atoms with van der Waals surface area (Å²) >= 11 is 0. The smallest absolute Gasteiger partial charge is 0.225 e. The maximum atomic E-state index is 12.3. The molecule has 3 rings (SSSR count). The summed E-state index contributed by atoms with van der Waals surface area (Å²) in [5, 5.41) is 3.25. The van der Waals surface area contributed by atoms with Gasteiger partial charge in [-0.25, -0.2) is 9.97 Å². The molecule has 1 aliphatic heterocycles. The Kier molecular flexibility index (Phi) is 5.03. The summed E-state index contributed by atoms with van der Waals surface area (Å²) in [7, 11) is 0. The molecule has 6 nitrogen and oxygen atoms in total. The van der Waals surface area contributed by atoms with E-state index in [1.807, 2.05) is 36.9 Å². The molecule has 0 spiro atoms. The van der Waals surface area contributed by atoms with Crippen molar-refractivity contribution in [3.8, 4) is 0 Å². The van der Waals surface area contributed by atoms with Crippen LogP contribution in [0.5, 0.6) is 0 Å². The second kappa shape index (κ2) is 7.38. The third kappa shape index (κ3) is 3.69. The van der Waals surface area contributed by atoms with E-state index in [1.54, 1.807) is 18.6 Å². The number of aromatic nitrogens is 3. The number of rotatable bonds is 4. The number of amides is 1. The van der Waals surface area contributed by atoms with Gasteiger partial charge < -0.3 is 10.2 Å². The van der Waals surface area contributed by atoms with E-state index < -0.39 is 0 Å². The number of carbonyl (C=O) groups excluding carboxylic acids is 1. The SMILES string of the molecule is CC(C)C(=O)N1CCC[C@H](c2nccnc2Nc2ccccn2)C1. The zero-order valence-corrected chi connectivity index (χ0v) is 14.1. The van der Waals surface area contributed by atoms with Crippen LogP contribution >= 0.6 is 0 Å². The van der Waals surface area contributed by atoms with Crippen LogP contribution < -0.4 is 5.32 Å². The molecule has 6 heteroatoms. The van der Waals surface area contributed by atoms with E-state index in [1.165, 1.54) is 0 Å². The monoisotopic (exact) mass is 325 g/mol. The number of hydrogen-bond acceptors (Lipinski definition) is 5. The highest BCUT2D eigenvalue weighted by Crippen LogP contribution is 2.30. The summed E-state index contributed by atoms with van der Waals surface area (Å²) in [6.07, 6.45) is 7.12. The zero-order valence-electron chi connectivity index (χ0n) is 14.1. The first-order valence-electron chi connectivity index (χ1n) is 8.43. The molecular weight excluding hydrogens is 302 g/mol. The van der Waals surface area contributed by atoms with Crippen molar-refractivity contribution in [3.05, 3.63) is 42.5 Å². The lowest BCUT2D eigenvalue weighted by Crippen LogP contribution is -2.41. The average Bonchev–Trinajstić information content (AvgIpc) is 2.62. The molecule has 1 N–H and O–H groups in total. The second-order valence-electron chi connectivity index (χ2n) is 6.41. The number of nitrogens with one attached hydrogen (secondary N) is 1.